The van der Waals surface area contributed by atoms with Crippen LogP contribution in [0.25, 0.3) is 0 Å². The first kappa shape index (κ1) is 8.97. The van der Waals surface area contributed by atoms with Gasteiger partial charge in [-0.1, -0.05) is 6.42 Å². The fraction of sp³-hybridized carbons (Fsp3) is 1.00. The Morgan fingerprint density at radius 1 is 1.55 bits per heavy atom. The lowest BCUT2D eigenvalue weighted by atomic mass is 9.97. The van der Waals surface area contributed by atoms with E-state index >= 15 is 0 Å². The Balaban J connectivity index is 2.21. The van der Waals surface area contributed by atoms with E-state index < -0.39 is 0 Å². The van der Waals surface area contributed by atoms with Crippen LogP contribution in [0.2, 0.25) is 0 Å². The summed E-state index contributed by atoms with van der Waals surface area (Å²) in [6, 6.07) is 0.580. The Morgan fingerprint density at radius 2 is 2.36 bits per heavy atom. The molecule has 1 aliphatic rings. The van der Waals surface area contributed by atoms with E-state index in [4.69, 9.17) is 10.8 Å². The van der Waals surface area contributed by atoms with E-state index in [0.717, 1.165) is 13.0 Å². The maximum atomic E-state index is 8.66. The maximum Gasteiger partial charge on any atom is 0.0446 e. The molecular formula is C8H18N2O. The van der Waals surface area contributed by atoms with Crippen LogP contribution in [0.4, 0.5) is 0 Å². The second-order valence-corrected chi connectivity index (χ2v) is 3.23. The number of hydrogen-bond donors (Lipinski definition) is 3. The van der Waals surface area contributed by atoms with E-state index in [1.165, 1.54) is 19.3 Å². The van der Waals surface area contributed by atoms with Crippen LogP contribution in [0.3, 0.4) is 0 Å². The van der Waals surface area contributed by atoms with Gasteiger partial charge in [-0.3, -0.25) is 0 Å². The molecule has 1 heterocycles. The third-order valence-corrected chi connectivity index (χ3v) is 2.33. The maximum absolute atomic E-state index is 8.66. The standard InChI is InChI=1S/C8H18N2O/c9-7(4-6-11)8-3-1-2-5-10-8/h7-8,10-11H,1-6,9H2. The summed E-state index contributed by atoms with van der Waals surface area (Å²) in [6.07, 6.45) is 4.43. The molecule has 0 amide bonds. The summed E-state index contributed by atoms with van der Waals surface area (Å²) in [4.78, 5) is 0. The Labute approximate surface area is 68.0 Å². The minimum absolute atomic E-state index is 0.139. The fourth-order valence-electron chi connectivity index (χ4n) is 1.59. The van der Waals surface area contributed by atoms with E-state index in [9.17, 15) is 0 Å². The zero-order valence-electron chi connectivity index (χ0n) is 6.92. The van der Waals surface area contributed by atoms with E-state index in [2.05, 4.69) is 5.32 Å². The molecule has 1 saturated heterocycles. The molecule has 4 N–H and O–H groups in total. The van der Waals surface area contributed by atoms with Crippen molar-refractivity contribution in [2.24, 2.45) is 5.73 Å². The minimum atomic E-state index is 0.139. The molecule has 3 nitrogen and oxygen atoms in total. The van der Waals surface area contributed by atoms with Gasteiger partial charge in [0, 0.05) is 18.7 Å². The lowest BCUT2D eigenvalue weighted by molar-refractivity contribution is 0.248. The smallest absolute Gasteiger partial charge is 0.0446 e. The van der Waals surface area contributed by atoms with Gasteiger partial charge >= 0.3 is 0 Å². The van der Waals surface area contributed by atoms with E-state index in [-0.39, 0.29) is 12.6 Å². The van der Waals surface area contributed by atoms with Gasteiger partial charge in [0.15, 0.2) is 0 Å². The van der Waals surface area contributed by atoms with Crippen molar-refractivity contribution in [1.82, 2.24) is 5.32 Å². The number of aliphatic hydroxyl groups is 1. The molecule has 0 spiro atoms. The molecule has 1 aliphatic heterocycles. The third kappa shape index (κ3) is 2.77. The molecule has 2 atom stereocenters. The van der Waals surface area contributed by atoms with Crippen LogP contribution in [-0.2, 0) is 0 Å². The van der Waals surface area contributed by atoms with Gasteiger partial charge in [-0.05, 0) is 25.8 Å². The van der Waals surface area contributed by atoms with E-state index in [1.807, 2.05) is 0 Å². The summed E-state index contributed by atoms with van der Waals surface area (Å²) in [6.45, 7) is 1.29. The number of nitrogens with two attached hydrogens (primary N) is 1. The minimum Gasteiger partial charge on any atom is -0.396 e. The molecule has 0 bridgehead atoms. The number of rotatable bonds is 3. The molecule has 0 saturated carbocycles. The highest BCUT2D eigenvalue weighted by Gasteiger charge is 2.18. The molecule has 11 heavy (non-hydrogen) atoms. The lowest BCUT2D eigenvalue weighted by Gasteiger charge is -2.28. The second kappa shape index (κ2) is 4.70. The van der Waals surface area contributed by atoms with Crippen LogP contribution in [0.1, 0.15) is 25.7 Å². The second-order valence-electron chi connectivity index (χ2n) is 3.23. The molecule has 3 heteroatoms. The number of piperidine rings is 1. The van der Waals surface area contributed by atoms with Crippen LogP contribution >= 0.6 is 0 Å². The van der Waals surface area contributed by atoms with Crippen molar-refractivity contribution in [2.45, 2.75) is 37.8 Å². The summed E-state index contributed by atoms with van der Waals surface area (Å²) in [7, 11) is 0. The van der Waals surface area contributed by atoms with E-state index in [0.29, 0.717) is 6.04 Å². The largest absolute Gasteiger partial charge is 0.396 e. The van der Waals surface area contributed by atoms with E-state index in [1.54, 1.807) is 0 Å². The highest BCUT2D eigenvalue weighted by molar-refractivity contribution is 4.81. The first-order valence-electron chi connectivity index (χ1n) is 4.44. The Hall–Kier alpha value is -0.120. The molecular weight excluding hydrogens is 140 g/mol. The van der Waals surface area contributed by atoms with Gasteiger partial charge in [0.05, 0.1) is 0 Å². The monoisotopic (exact) mass is 158 g/mol. The number of nitrogens with one attached hydrogen (secondary N) is 1. The number of hydrogen-bond acceptors (Lipinski definition) is 3. The lowest BCUT2D eigenvalue weighted by Crippen LogP contribution is -2.47. The van der Waals surface area contributed by atoms with Crippen LogP contribution in [-0.4, -0.2) is 30.3 Å². The van der Waals surface area contributed by atoms with Crippen molar-refractivity contribution in [3.63, 3.8) is 0 Å². The quantitative estimate of drug-likeness (QED) is 0.535. The Bertz CT molecular complexity index is 102. The average molecular weight is 158 g/mol. The highest BCUT2D eigenvalue weighted by atomic mass is 16.3. The summed E-state index contributed by atoms with van der Waals surface area (Å²) in [5.41, 5.74) is 5.84. The van der Waals surface area contributed by atoms with Gasteiger partial charge < -0.3 is 16.2 Å². The van der Waals surface area contributed by atoms with Crippen molar-refractivity contribution >= 4 is 0 Å². The van der Waals surface area contributed by atoms with Crippen LogP contribution in [0, 0.1) is 0 Å². The highest BCUT2D eigenvalue weighted by Crippen LogP contribution is 2.10. The van der Waals surface area contributed by atoms with Crippen molar-refractivity contribution in [3.05, 3.63) is 0 Å². The first-order chi connectivity index (χ1) is 5.34. The summed E-state index contributed by atoms with van der Waals surface area (Å²) in [5.74, 6) is 0. The molecule has 1 rings (SSSR count). The molecule has 0 aromatic carbocycles. The zero-order valence-corrected chi connectivity index (χ0v) is 6.92. The molecule has 2 unspecified atom stereocenters. The van der Waals surface area contributed by atoms with Crippen molar-refractivity contribution in [2.75, 3.05) is 13.2 Å². The molecule has 66 valence electrons. The molecule has 0 aromatic heterocycles. The average Bonchev–Trinajstić information content (AvgIpc) is 2.07. The van der Waals surface area contributed by atoms with Gasteiger partial charge in [0.25, 0.3) is 0 Å². The molecule has 0 aliphatic carbocycles. The van der Waals surface area contributed by atoms with Gasteiger partial charge in [-0.25, -0.2) is 0 Å². The fourth-order valence-corrected chi connectivity index (χ4v) is 1.59. The van der Waals surface area contributed by atoms with Gasteiger partial charge in [-0.15, -0.1) is 0 Å². The third-order valence-electron chi connectivity index (χ3n) is 2.33. The summed E-state index contributed by atoms with van der Waals surface area (Å²) >= 11 is 0. The van der Waals surface area contributed by atoms with Crippen molar-refractivity contribution < 1.29 is 5.11 Å². The summed E-state index contributed by atoms with van der Waals surface area (Å²) < 4.78 is 0. The zero-order chi connectivity index (χ0) is 8.10. The summed E-state index contributed by atoms with van der Waals surface area (Å²) in [5, 5.41) is 12.0. The normalized spacial score (nSPS) is 28.4. The predicted molar refractivity (Wildman–Crippen MR) is 45.3 cm³/mol. The van der Waals surface area contributed by atoms with Crippen LogP contribution < -0.4 is 11.1 Å². The van der Waals surface area contributed by atoms with Gasteiger partial charge in [0.2, 0.25) is 0 Å². The molecule has 0 aromatic rings. The first-order valence-corrected chi connectivity index (χ1v) is 4.44. The molecule has 1 fully saturated rings. The molecule has 0 radical (unpaired) electrons. The predicted octanol–water partition coefficient (Wildman–Crippen LogP) is -0.162. The van der Waals surface area contributed by atoms with Crippen molar-refractivity contribution in [1.29, 1.82) is 0 Å². The van der Waals surface area contributed by atoms with Crippen molar-refractivity contribution in [3.8, 4) is 0 Å². The Kier molecular flexibility index (Phi) is 3.83. The SMILES string of the molecule is NC(CCO)C1CCCCN1. The Morgan fingerprint density at radius 3 is 2.91 bits per heavy atom. The van der Waals surface area contributed by atoms with Gasteiger partial charge in [-0.2, -0.15) is 0 Å². The topological polar surface area (TPSA) is 58.3 Å². The van der Waals surface area contributed by atoms with Gasteiger partial charge in [0.1, 0.15) is 0 Å². The number of aliphatic hydroxyl groups excluding tert-OH is 1. The van der Waals surface area contributed by atoms with Crippen LogP contribution in [0.5, 0.6) is 0 Å². The van der Waals surface area contributed by atoms with Crippen LogP contribution in [0.15, 0.2) is 0 Å².